The molecule has 0 atom stereocenters. The Hall–Kier alpha value is -1.99. The largest absolute Gasteiger partial charge is 0.347 e. The first-order valence-electron chi connectivity index (χ1n) is 6.93. The summed E-state index contributed by atoms with van der Waals surface area (Å²) in [6.45, 7) is 4.87. The Labute approximate surface area is 122 Å². The number of carbonyl (C=O) groups is 2. The van der Waals surface area contributed by atoms with Crippen LogP contribution in [0.15, 0.2) is 24.3 Å². The molecule has 0 aliphatic carbocycles. The van der Waals surface area contributed by atoms with Crippen molar-refractivity contribution in [2.24, 2.45) is 0 Å². The maximum absolute atomic E-state index is 13.0. The Morgan fingerprint density at radius 1 is 1.24 bits per heavy atom. The van der Waals surface area contributed by atoms with Crippen LogP contribution in [0.5, 0.6) is 0 Å². The van der Waals surface area contributed by atoms with Gasteiger partial charge in [-0.15, -0.1) is 0 Å². The number of hydrogen-bond acceptors (Lipinski definition) is 4. The van der Waals surface area contributed by atoms with E-state index in [2.05, 4.69) is 20.9 Å². The molecule has 1 aliphatic heterocycles. The summed E-state index contributed by atoms with van der Waals surface area (Å²) < 4.78 is 13.0. The van der Waals surface area contributed by atoms with Gasteiger partial charge >= 0.3 is 11.8 Å². The summed E-state index contributed by atoms with van der Waals surface area (Å²) in [5.41, 5.74) is 0.261. The molecule has 1 aromatic rings. The number of piperazine rings is 1. The van der Waals surface area contributed by atoms with E-state index in [1.54, 1.807) is 0 Å². The molecule has 1 fully saturated rings. The van der Waals surface area contributed by atoms with E-state index in [9.17, 15) is 14.0 Å². The second-order valence-corrected chi connectivity index (χ2v) is 4.81. The summed E-state index contributed by atoms with van der Waals surface area (Å²) in [5.74, 6) is -1.97. The van der Waals surface area contributed by atoms with Gasteiger partial charge in [-0.05, 0) is 18.2 Å². The zero-order valence-electron chi connectivity index (χ0n) is 11.7. The Bertz CT molecular complexity index is 504. The van der Waals surface area contributed by atoms with Crippen molar-refractivity contribution in [2.75, 3.05) is 44.6 Å². The van der Waals surface area contributed by atoms with Crippen molar-refractivity contribution in [3.8, 4) is 0 Å². The zero-order valence-corrected chi connectivity index (χ0v) is 11.7. The highest BCUT2D eigenvalue weighted by atomic mass is 19.1. The summed E-state index contributed by atoms with van der Waals surface area (Å²) in [7, 11) is 0. The van der Waals surface area contributed by atoms with Gasteiger partial charge in [0.2, 0.25) is 0 Å². The lowest BCUT2D eigenvalue weighted by Gasteiger charge is -2.26. The van der Waals surface area contributed by atoms with Crippen molar-refractivity contribution in [1.29, 1.82) is 0 Å². The van der Waals surface area contributed by atoms with E-state index in [4.69, 9.17) is 0 Å². The van der Waals surface area contributed by atoms with Gasteiger partial charge in [0, 0.05) is 45.0 Å². The molecule has 1 saturated heterocycles. The summed E-state index contributed by atoms with van der Waals surface area (Å²) in [5, 5.41) is 8.15. The lowest BCUT2D eigenvalue weighted by molar-refractivity contribution is -0.136. The second-order valence-electron chi connectivity index (χ2n) is 4.81. The molecule has 2 amide bonds. The number of carbonyl (C=O) groups excluding carboxylic acids is 2. The predicted molar refractivity (Wildman–Crippen MR) is 77.3 cm³/mol. The normalized spacial score (nSPS) is 15.5. The van der Waals surface area contributed by atoms with Crippen molar-refractivity contribution in [2.45, 2.75) is 0 Å². The number of hydrogen-bond donors (Lipinski definition) is 3. The van der Waals surface area contributed by atoms with Gasteiger partial charge in [0.25, 0.3) is 0 Å². The number of amides is 2. The van der Waals surface area contributed by atoms with Crippen LogP contribution in [0.2, 0.25) is 0 Å². The fourth-order valence-corrected chi connectivity index (χ4v) is 2.10. The van der Waals surface area contributed by atoms with Crippen LogP contribution in [-0.4, -0.2) is 56.0 Å². The average Bonchev–Trinajstić information content (AvgIpc) is 2.48. The van der Waals surface area contributed by atoms with Gasteiger partial charge < -0.3 is 16.0 Å². The lowest BCUT2D eigenvalue weighted by atomic mass is 10.3. The molecule has 3 N–H and O–H groups in total. The van der Waals surface area contributed by atoms with E-state index in [1.807, 2.05) is 0 Å². The average molecular weight is 294 g/mol. The molecule has 0 spiro atoms. The third-order valence-electron chi connectivity index (χ3n) is 3.21. The molecule has 2 rings (SSSR count). The van der Waals surface area contributed by atoms with Crippen LogP contribution in [0.25, 0.3) is 0 Å². The standard InChI is InChI=1S/C14H19FN4O2/c15-11-2-1-3-12(10-11)18-14(21)13(20)17-6-9-19-7-4-16-5-8-19/h1-3,10,16H,4-9H2,(H,17,20)(H,18,21). The molecular weight excluding hydrogens is 275 g/mol. The molecule has 1 aliphatic rings. The molecule has 1 aromatic carbocycles. The third-order valence-corrected chi connectivity index (χ3v) is 3.21. The first kappa shape index (κ1) is 15.4. The van der Waals surface area contributed by atoms with Crippen LogP contribution in [0, 0.1) is 5.82 Å². The van der Waals surface area contributed by atoms with Crippen molar-refractivity contribution in [3.05, 3.63) is 30.1 Å². The molecule has 1 heterocycles. The van der Waals surface area contributed by atoms with Crippen molar-refractivity contribution < 1.29 is 14.0 Å². The molecule has 114 valence electrons. The maximum atomic E-state index is 13.0. The van der Waals surface area contributed by atoms with E-state index >= 15 is 0 Å². The quantitative estimate of drug-likeness (QED) is 0.672. The smallest absolute Gasteiger partial charge is 0.313 e. The van der Waals surface area contributed by atoms with E-state index in [0.29, 0.717) is 13.1 Å². The minimum absolute atomic E-state index is 0.261. The van der Waals surface area contributed by atoms with Gasteiger partial charge in [-0.2, -0.15) is 0 Å². The molecule has 0 radical (unpaired) electrons. The number of rotatable bonds is 4. The zero-order chi connectivity index (χ0) is 15.1. The first-order chi connectivity index (χ1) is 10.1. The van der Waals surface area contributed by atoms with E-state index in [1.165, 1.54) is 18.2 Å². The molecule has 21 heavy (non-hydrogen) atoms. The van der Waals surface area contributed by atoms with Gasteiger partial charge in [-0.3, -0.25) is 14.5 Å². The van der Waals surface area contributed by atoms with E-state index in [-0.39, 0.29) is 5.69 Å². The topological polar surface area (TPSA) is 73.5 Å². The van der Waals surface area contributed by atoms with Crippen molar-refractivity contribution >= 4 is 17.5 Å². The summed E-state index contributed by atoms with van der Waals surface area (Å²) >= 11 is 0. The fraction of sp³-hybridized carbons (Fsp3) is 0.429. The minimum Gasteiger partial charge on any atom is -0.347 e. The molecule has 0 aromatic heterocycles. The lowest BCUT2D eigenvalue weighted by Crippen LogP contribution is -2.47. The van der Waals surface area contributed by atoms with Crippen LogP contribution in [0.4, 0.5) is 10.1 Å². The van der Waals surface area contributed by atoms with Crippen molar-refractivity contribution in [1.82, 2.24) is 15.5 Å². The maximum Gasteiger partial charge on any atom is 0.313 e. The van der Waals surface area contributed by atoms with E-state index in [0.717, 1.165) is 32.2 Å². The molecular formula is C14H19FN4O2. The molecule has 0 bridgehead atoms. The Balaban J connectivity index is 1.71. The van der Waals surface area contributed by atoms with Crippen LogP contribution in [0.3, 0.4) is 0 Å². The minimum atomic E-state index is -0.791. The Morgan fingerprint density at radius 3 is 2.71 bits per heavy atom. The van der Waals surface area contributed by atoms with Crippen molar-refractivity contribution in [3.63, 3.8) is 0 Å². The van der Waals surface area contributed by atoms with Crippen LogP contribution in [-0.2, 0) is 9.59 Å². The van der Waals surface area contributed by atoms with Gasteiger partial charge in [-0.1, -0.05) is 6.07 Å². The number of nitrogens with zero attached hydrogens (tertiary/aromatic N) is 1. The van der Waals surface area contributed by atoms with Crippen LogP contribution >= 0.6 is 0 Å². The number of nitrogens with one attached hydrogen (secondary N) is 3. The Morgan fingerprint density at radius 2 is 2.00 bits per heavy atom. The number of anilines is 1. The highest BCUT2D eigenvalue weighted by Crippen LogP contribution is 2.08. The fourth-order valence-electron chi connectivity index (χ4n) is 2.10. The third kappa shape index (κ3) is 5.13. The van der Waals surface area contributed by atoms with Crippen LogP contribution in [0.1, 0.15) is 0 Å². The number of benzene rings is 1. The molecule has 0 unspecified atom stereocenters. The van der Waals surface area contributed by atoms with Gasteiger partial charge in [-0.25, -0.2) is 4.39 Å². The molecule has 0 saturated carbocycles. The van der Waals surface area contributed by atoms with E-state index < -0.39 is 17.6 Å². The summed E-state index contributed by atoms with van der Waals surface area (Å²) in [6, 6.07) is 5.41. The second kappa shape index (κ2) is 7.70. The SMILES string of the molecule is O=C(NCCN1CCNCC1)C(=O)Nc1cccc(F)c1. The summed E-state index contributed by atoms with van der Waals surface area (Å²) in [6.07, 6.45) is 0. The number of halogens is 1. The van der Waals surface area contributed by atoms with Gasteiger partial charge in [0.05, 0.1) is 0 Å². The highest BCUT2D eigenvalue weighted by molar-refractivity contribution is 6.39. The van der Waals surface area contributed by atoms with Gasteiger partial charge in [0.15, 0.2) is 0 Å². The first-order valence-corrected chi connectivity index (χ1v) is 6.93. The highest BCUT2D eigenvalue weighted by Gasteiger charge is 2.14. The Kier molecular flexibility index (Phi) is 5.65. The molecule has 6 nitrogen and oxygen atoms in total. The molecule has 7 heteroatoms. The van der Waals surface area contributed by atoms with Gasteiger partial charge in [0.1, 0.15) is 5.82 Å². The predicted octanol–water partition coefficient (Wildman–Crippen LogP) is -0.214. The summed E-state index contributed by atoms with van der Waals surface area (Å²) in [4.78, 5) is 25.5. The van der Waals surface area contributed by atoms with Crippen LogP contribution < -0.4 is 16.0 Å². The monoisotopic (exact) mass is 294 g/mol.